The van der Waals surface area contributed by atoms with Crippen molar-refractivity contribution in [2.24, 2.45) is 0 Å². The van der Waals surface area contributed by atoms with Gasteiger partial charge < -0.3 is 11.1 Å². The second kappa shape index (κ2) is 5.19. The zero-order valence-corrected chi connectivity index (χ0v) is 12.3. The molecule has 0 aliphatic carbocycles. The van der Waals surface area contributed by atoms with Gasteiger partial charge in [0.25, 0.3) is 0 Å². The molecule has 0 saturated carbocycles. The number of rotatable bonds is 2. The van der Waals surface area contributed by atoms with E-state index in [0.717, 1.165) is 16.5 Å². The number of nitrogens with one attached hydrogen (secondary N) is 1. The Labute approximate surface area is 125 Å². The average molecular weight is 282 g/mol. The fourth-order valence-electron chi connectivity index (χ4n) is 3.95. The van der Waals surface area contributed by atoms with Gasteiger partial charge in [-0.1, -0.05) is 6.42 Å². The number of aromatic nitrogens is 1. The Morgan fingerprint density at radius 2 is 2.05 bits per heavy atom. The van der Waals surface area contributed by atoms with E-state index < -0.39 is 0 Å². The first kappa shape index (κ1) is 12.9. The summed E-state index contributed by atoms with van der Waals surface area (Å²) in [7, 11) is 0. The second-order valence-electron chi connectivity index (χ2n) is 6.26. The molecule has 0 spiro atoms. The molecular weight excluding hydrogens is 260 g/mol. The predicted molar refractivity (Wildman–Crippen MR) is 87.4 cm³/mol. The van der Waals surface area contributed by atoms with E-state index in [1.807, 2.05) is 18.3 Å². The fourth-order valence-corrected chi connectivity index (χ4v) is 3.95. The highest BCUT2D eigenvalue weighted by Crippen LogP contribution is 2.33. The molecule has 110 valence electrons. The molecule has 2 fully saturated rings. The van der Waals surface area contributed by atoms with Crippen molar-refractivity contribution >= 4 is 22.1 Å². The molecule has 3 heterocycles. The molecule has 0 amide bonds. The second-order valence-corrected chi connectivity index (χ2v) is 6.26. The monoisotopic (exact) mass is 282 g/mol. The van der Waals surface area contributed by atoms with E-state index in [1.54, 1.807) is 6.20 Å². The molecule has 2 aliphatic heterocycles. The minimum absolute atomic E-state index is 0.553. The van der Waals surface area contributed by atoms with E-state index in [2.05, 4.69) is 21.3 Å². The van der Waals surface area contributed by atoms with Crippen molar-refractivity contribution in [1.29, 1.82) is 0 Å². The highest BCUT2D eigenvalue weighted by molar-refractivity contribution is 6.00. The number of fused-ring (bicyclic) bond motifs is 2. The van der Waals surface area contributed by atoms with Crippen molar-refractivity contribution < 1.29 is 0 Å². The van der Waals surface area contributed by atoms with Gasteiger partial charge in [0, 0.05) is 53.2 Å². The summed E-state index contributed by atoms with van der Waals surface area (Å²) >= 11 is 0. The van der Waals surface area contributed by atoms with E-state index in [1.165, 1.54) is 44.5 Å². The molecular formula is C17H22N4. The summed E-state index contributed by atoms with van der Waals surface area (Å²) in [5.74, 6) is 0. The van der Waals surface area contributed by atoms with Crippen LogP contribution < -0.4 is 11.1 Å². The molecule has 21 heavy (non-hydrogen) atoms. The maximum Gasteiger partial charge on any atom is 0.0439 e. The zero-order chi connectivity index (χ0) is 14.2. The fraction of sp³-hybridized carbons (Fsp3) is 0.471. The van der Waals surface area contributed by atoms with Crippen molar-refractivity contribution in [2.45, 2.75) is 37.8 Å². The molecule has 2 atom stereocenters. The maximum atomic E-state index is 6.08. The normalized spacial score (nSPS) is 25.9. The predicted octanol–water partition coefficient (Wildman–Crippen LogP) is 2.86. The molecule has 0 bridgehead atoms. The molecule has 4 heteroatoms. The summed E-state index contributed by atoms with van der Waals surface area (Å²) in [6, 6.07) is 7.35. The Bertz CT molecular complexity index is 654. The highest BCUT2D eigenvalue weighted by Gasteiger charge is 2.35. The lowest BCUT2D eigenvalue weighted by molar-refractivity contribution is 0.193. The number of hydrogen-bond donors (Lipinski definition) is 2. The number of hydrogen-bond acceptors (Lipinski definition) is 4. The van der Waals surface area contributed by atoms with Crippen LogP contribution in [0.15, 0.2) is 30.6 Å². The summed E-state index contributed by atoms with van der Waals surface area (Å²) in [5.41, 5.74) is 8.07. The number of piperidine rings is 1. The molecule has 1 aromatic heterocycles. The lowest BCUT2D eigenvalue weighted by Crippen LogP contribution is -2.41. The SMILES string of the molecule is Nc1ccc(NC2CCN3CCCCC23)c2cnccc12. The van der Waals surface area contributed by atoms with Gasteiger partial charge in [-0.2, -0.15) is 0 Å². The van der Waals surface area contributed by atoms with Gasteiger partial charge in [-0.25, -0.2) is 0 Å². The molecule has 3 N–H and O–H groups in total. The number of nitrogens with zero attached hydrogens (tertiary/aromatic N) is 2. The van der Waals surface area contributed by atoms with Crippen molar-refractivity contribution in [3.63, 3.8) is 0 Å². The lowest BCUT2D eigenvalue weighted by Gasteiger charge is -2.33. The standard InChI is InChI=1S/C17H22N4/c18-14-4-5-15(13-11-19-8-6-12(13)14)20-16-7-10-21-9-2-1-3-17(16)21/h4-6,8,11,16-17,20H,1-3,7,9-10,18H2. The third-order valence-electron chi connectivity index (χ3n) is 5.05. The number of pyridine rings is 1. The molecule has 2 saturated heterocycles. The van der Waals surface area contributed by atoms with Crippen LogP contribution in [0.3, 0.4) is 0 Å². The van der Waals surface area contributed by atoms with Crippen LogP contribution >= 0.6 is 0 Å². The molecule has 1 aromatic carbocycles. The Kier molecular flexibility index (Phi) is 3.19. The topological polar surface area (TPSA) is 54.2 Å². The third-order valence-corrected chi connectivity index (χ3v) is 5.05. The van der Waals surface area contributed by atoms with Gasteiger partial charge in [0.1, 0.15) is 0 Å². The van der Waals surface area contributed by atoms with Crippen LogP contribution in [0.2, 0.25) is 0 Å². The first-order valence-corrected chi connectivity index (χ1v) is 7.96. The van der Waals surface area contributed by atoms with Crippen LogP contribution in [0.25, 0.3) is 10.8 Å². The Balaban J connectivity index is 1.64. The van der Waals surface area contributed by atoms with Crippen molar-refractivity contribution in [2.75, 3.05) is 24.1 Å². The lowest BCUT2D eigenvalue weighted by atomic mass is 9.98. The smallest absolute Gasteiger partial charge is 0.0439 e. The van der Waals surface area contributed by atoms with Gasteiger partial charge in [-0.15, -0.1) is 0 Å². The molecule has 2 unspecified atom stereocenters. The van der Waals surface area contributed by atoms with Gasteiger partial charge >= 0.3 is 0 Å². The van der Waals surface area contributed by atoms with Crippen molar-refractivity contribution in [3.8, 4) is 0 Å². The Morgan fingerprint density at radius 3 is 3.00 bits per heavy atom. The van der Waals surface area contributed by atoms with Crippen LogP contribution in [-0.4, -0.2) is 35.1 Å². The summed E-state index contributed by atoms with van der Waals surface area (Å²) < 4.78 is 0. The summed E-state index contributed by atoms with van der Waals surface area (Å²) in [5, 5.41) is 6.00. The molecule has 2 aromatic rings. The van der Waals surface area contributed by atoms with E-state index in [0.29, 0.717) is 12.1 Å². The number of nitrogen functional groups attached to an aromatic ring is 1. The van der Waals surface area contributed by atoms with Gasteiger partial charge in [0.2, 0.25) is 0 Å². The summed E-state index contributed by atoms with van der Waals surface area (Å²) in [6.45, 7) is 2.50. The molecule has 4 nitrogen and oxygen atoms in total. The Hall–Kier alpha value is -1.81. The minimum atomic E-state index is 0.553. The van der Waals surface area contributed by atoms with E-state index >= 15 is 0 Å². The van der Waals surface area contributed by atoms with Gasteiger partial charge in [0.05, 0.1) is 0 Å². The third kappa shape index (κ3) is 2.23. The van der Waals surface area contributed by atoms with Crippen LogP contribution in [0.4, 0.5) is 11.4 Å². The number of anilines is 2. The number of benzene rings is 1. The highest BCUT2D eigenvalue weighted by atomic mass is 15.2. The van der Waals surface area contributed by atoms with Crippen LogP contribution in [0.1, 0.15) is 25.7 Å². The van der Waals surface area contributed by atoms with E-state index in [9.17, 15) is 0 Å². The first-order valence-electron chi connectivity index (χ1n) is 7.96. The molecule has 0 radical (unpaired) electrons. The van der Waals surface area contributed by atoms with E-state index in [4.69, 9.17) is 5.73 Å². The summed E-state index contributed by atoms with van der Waals surface area (Å²) in [6.07, 6.45) is 9.00. The van der Waals surface area contributed by atoms with Gasteiger partial charge in [-0.3, -0.25) is 9.88 Å². The van der Waals surface area contributed by atoms with E-state index in [-0.39, 0.29) is 0 Å². The zero-order valence-electron chi connectivity index (χ0n) is 12.3. The quantitative estimate of drug-likeness (QED) is 0.832. The molecule has 2 aliphatic rings. The van der Waals surface area contributed by atoms with Gasteiger partial charge in [-0.05, 0) is 44.0 Å². The molecule has 4 rings (SSSR count). The van der Waals surface area contributed by atoms with Crippen molar-refractivity contribution in [3.05, 3.63) is 30.6 Å². The first-order chi connectivity index (χ1) is 10.3. The minimum Gasteiger partial charge on any atom is -0.398 e. The summed E-state index contributed by atoms with van der Waals surface area (Å²) in [4.78, 5) is 6.92. The largest absolute Gasteiger partial charge is 0.398 e. The Morgan fingerprint density at radius 1 is 1.10 bits per heavy atom. The maximum absolute atomic E-state index is 6.08. The van der Waals surface area contributed by atoms with Crippen molar-refractivity contribution in [1.82, 2.24) is 9.88 Å². The van der Waals surface area contributed by atoms with Crippen LogP contribution in [0.5, 0.6) is 0 Å². The van der Waals surface area contributed by atoms with Crippen LogP contribution in [0, 0.1) is 0 Å². The van der Waals surface area contributed by atoms with Crippen LogP contribution in [-0.2, 0) is 0 Å². The van der Waals surface area contributed by atoms with Gasteiger partial charge in [0.15, 0.2) is 0 Å². The number of nitrogens with two attached hydrogens (primary N) is 1. The average Bonchev–Trinajstić information content (AvgIpc) is 2.94.